The van der Waals surface area contributed by atoms with Crippen molar-refractivity contribution in [2.75, 3.05) is 13.1 Å². The van der Waals surface area contributed by atoms with E-state index in [1.54, 1.807) is 12.4 Å². The zero-order valence-electron chi connectivity index (χ0n) is 16.1. The average Bonchev–Trinajstić information content (AvgIpc) is 2.74. The number of carbonyl (C=O) groups is 1. The third-order valence-corrected chi connectivity index (χ3v) is 5.78. The van der Waals surface area contributed by atoms with Crippen molar-refractivity contribution in [1.82, 2.24) is 9.88 Å². The van der Waals surface area contributed by atoms with Crippen LogP contribution in [0.4, 0.5) is 13.2 Å². The van der Waals surface area contributed by atoms with E-state index in [0.717, 1.165) is 34.0 Å². The molecule has 1 fully saturated rings. The number of benzene rings is 2. The molecule has 2 aromatic carbocycles. The van der Waals surface area contributed by atoms with E-state index in [2.05, 4.69) is 9.88 Å². The Bertz CT molecular complexity index is 1040. The molecule has 2 heterocycles. The SMILES string of the molecule is O=C(O)C1CCN(C(c2ccc(C(F)(F)F)cc2)c2ccc3cnccc3c2)CC1. The highest BCUT2D eigenvalue weighted by molar-refractivity contribution is 5.82. The van der Waals surface area contributed by atoms with Crippen LogP contribution in [0.3, 0.4) is 0 Å². The van der Waals surface area contributed by atoms with Crippen LogP contribution in [0.25, 0.3) is 10.8 Å². The Morgan fingerprint density at radius 2 is 1.67 bits per heavy atom. The highest BCUT2D eigenvalue weighted by Gasteiger charge is 2.32. The van der Waals surface area contributed by atoms with Gasteiger partial charge in [-0.05, 0) is 66.7 Å². The van der Waals surface area contributed by atoms with E-state index in [0.29, 0.717) is 25.9 Å². The summed E-state index contributed by atoms with van der Waals surface area (Å²) in [6.07, 6.45) is 0.125. The van der Waals surface area contributed by atoms with Gasteiger partial charge in [0.25, 0.3) is 0 Å². The van der Waals surface area contributed by atoms with Crippen LogP contribution in [-0.2, 0) is 11.0 Å². The van der Waals surface area contributed by atoms with Gasteiger partial charge in [0.15, 0.2) is 0 Å². The van der Waals surface area contributed by atoms with Gasteiger partial charge in [-0.2, -0.15) is 13.2 Å². The molecule has 4 nitrogen and oxygen atoms in total. The summed E-state index contributed by atoms with van der Waals surface area (Å²) in [6.45, 7) is 1.13. The van der Waals surface area contributed by atoms with Crippen LogP contribution in [0, 0.1) is 5.92 Å². The number of hydrogen-bond donors (Lipinski definition) is 1. The van der Waals surface area contributed by atoms with Gasteiger partial charge in [0.05, 0.1) is 17.5 Å². The van der Waals surface area contributed by atoms with Crippen molar-refractivity contribution in [1.29, 1.82) is 0 Å². The predicted octanol–water partition coefficient (Wildman–Crippen LogP) is 5.14. The van der Waals surface area contributed by atoms with Crippen LogP contribution in [0.15, 0.2) is 60.9 Å². The summed E-state index contributed by atoms with van der Waals surface area (Å²) in [5.41, 5.74) is 1.03. The molecule has 0 radical (unpaired) electrons. The first-order valence-electron chi connectivity index (χ1n) is 9.80. The van der Waals surface area contributed by atoms with Crippen molar-refractivity contribution in [3.8, 4) is 0 Å². The Morgan fingerprint density at radius 1 is 1.00 bits per heavy atom. The van der Waals surface area contributed by atoms with E-state index in [4.69, 9.17) is 0 Å². The number of halogens is 3. The number of piperidine rings is 1. The predicted molar refractivity (Wildman–Crippen MR) is 107 cm³/mol. The molecule has 1 atom stereocenters. The summed E-state index contributed by atoms with van der Waals surface area (Å²) >= 11 is 0. The first-order valence-corrected chi connectivity index (χ1v) is 9.80. The molecule has 0 aliphatic carbocycles. The second-order valence-electron chi connectivity index (χ2n) is 7.65. The molecule has 1 aromatic heterocycles. The van der Waals surface area contributed by atoms with Crippen molar-refractivity contribution < 1.29 is 23.1 Å². The standard InChI is InChI=1S/C23H21F3N2O2/c24-23(25,26)20-5-3-15(4-6-20)21(28-11-8-16(9-12-28)22(29)30)18-1-2-19-14-27-10-7-17(19)13-18/h1-7,10,13-14,16,21H,8-9,11-12H2,(H,29,30). The molecule has 0 bridgehead atoms. The van der Waals surface area contributed by atoms with Gasteiger partial charge in [0.1, 0.15) is 0 Å². The Hall–Kier alpha value is -2.93. The molecular formula is C23H21F3N2O2. The number of pyridine rings is 1. The minimum Gasteiger partial charge on any atom is -0.481 e. The first-order chi connectivity index (χ1) is 14.3. The minimum absolute atomic E-state index is 0.250. The summed E-state index contributed by atoms with van der Waals surface area (Å²) in [6, 6.07) is 12.9. The van der Waals surface area contributed by atoms with Gasteiger partial charge in [0.2, 0.25) is 0 Å². The molecule has 156 valence electrons. The van der Waals surface area contributed by atoms with Gasteiger partial charge in [-0.1, -0.05) is 24.3 Å². The number of fused-ring (bicyclic) bond motifs is 1. The van der Waals surface area contributed by atoms with E-state index in [1.165, 1.54) is 12.1 Å². The summed E-state index contributed by atoms with van der Waals surface area (Å²) in [4.78, 5) is 17.6. The van der Waals surface area contributed by atoms with E-state index < -0.39 is 17.7 Å². The number of alkyl halides is 3. The second kappa shape index (κ2) is 8.07. The number of hydrogen-bond acceptors (Lipinski definition) is 3. The van der Waals surface area contributed by atoms with E-state index in [-0.39, 0.29) is 12.0 Å². The van der Waals surface area contributed by atoms with Crippen molar-refractivity contribution >= 4 is 16.7 Å². The fourth-order valence-corrected chi connectivity index (χ4v) is 4.14. The van der Waals surface area contributed by atoms with Crippen LogP contribution >= 0.6 is 0 Å². The van der Waals surface area contributed by atoms with Gasteiger partial charge >= 0.3 is 12.1 Å². The maximum absolute atomic E-state index is 13.0. The van der Waals surface area contributed by atoms with E-state index in [1.807, 2.05) is 24.3 Å². The highest BCUT2D eigenvalue weighted by atomic mass is 19.4. The second-order valence-corrected chi connectivity index (χ2v) is 7.65. The summed E-state index contributed by atoms with van der Waals surface area (Å²) in [7, 11) is 0. The smallest absolute Gasteiger partial charge is 0.416 e. The lowest BCUT2D eigenvalue weighted by molar-refractivity contribution is -0.143. The largest absolute Gasteiger partial charge is 0.481 e. The van der Waals surface area contributed by atoms with Crippen LogP contribution in [-0.4, -0.2) is 34.0 Å². The third kappa shape index (κ3) is 4.16. The lowest BCUT2D eigenvalue weighted by Crippen LogP contribution is -2.39. The van der Waals surface area contributed by atoms with Crippen molar-refractivity contribution in [2.24, 2.45) is 5.92 Å². The molecule has 30 heavy (non-hydrogen) atoms. The third-order valence-electron chi connectivity index (χ3n) is 5.78. The van der Waals surface area contributed by atoms with Gasteiger partial charge in [-0.25, -0.2) is 0 Å². The molecule has 7 heteroatoms. The summed E-state index contributed by atoms with van der Waals surface area (Å²) < 4.78 is 39.1. The Labute approximate surface area is 172 Å². The quantitative estimate of drug-likeness (QED) is 0.642. The van der Waals surface area contributed by atoms with Crippen molar-refractivity contribution in [3.05, 3.63) is 77.6 Å². The molecular weight excluding hydrogens is 393 g/mol. The lowest BCUT2D eigenvalue weighted by Gasteiger charge is -2.37. The number of carboxylic acids is 1. The van der Waals surface area contributed by atoms with Crippen LogP contribution < -0.4 is 0 Å². The molecule has 1 N–H and O–H groups in total. The van der Waals surface area contributed by atoms with Gasteiger partial charge in [0, 0.05) is 17.8 Å². The Kier molecular flexibility index (Phi) is 5.47. The molecule has 0 spiro atoms. The monoisotopic (exact) mass is 414 g/mol. The zero-order valence-corrected chi connectivity index (χ0v) is 16.1. The maximum Gasteiger partial charge on any atom is 0.416 e. The lowest BCUT2D eigenvalue weighted by atomic mass is 9.90. The molecule has 0 amide bonds. The van der Waals surface area contributed by atoms with Crippen molar-refractivity contribution in [2.45, 2.75) is 25.1 Å². The minimum atomic E-state index is -4.39. The Balaban J connectivity index is 1.71. The van der Waals surface area contributed by atoms with Crippen LogP contribution in [0.2, 0.25) is 0 Å². The van der Waals surface area contributed by atoms with Crippen LogP contribution in [0.5, 0.6) is 0 Å². The van der Waals surface area contributed by atoms with Crippen LogP contribution in [0.1, 0.15) is 35.6 Å². The Morgan fingerprint density at radius 3 is 2.30 bits per heavy atom. The topological polar surface area (TPSA) is 53.4 Å². The molecule has 4 rings (SSSR count). The fraction of sp³-hybridized carbons (Fsp3) is 0.304. The van der Waals surface area contributed by atoms with E-state index in [9.17, 15) is 23.1 Å². The number of likely N-dealkylation sites (tertiary alicyclic amines) is 1. The highest BCUT2D eigenvalue weighted by Crippen LogP contribution is 2.36. The molecule has 1 aliphatic heterocycles. The molecule has 1 saturated heterocycles. The molecule has 0 saturated carbocycles. The fourth-order valence-electron chi connectivity index (χ4n) is 4.14. The van der Waals surface area contributed by atoms with Gasteiger partial charge in [-0.3, -0.25) is 14.7 Å². The molecule has 3 aromatic rings. The number of aliphatic carboxylic acids is 1. The summed E-state index contributed by atoms with van der Waals surface area (Å²) in [5.74, 6) is -1.17. The normalized spacial score (nSPS) is 17.2. The molecule has 1 aliphatic rings. The van der Waals surface area contributed by atoms with E-state index >= 15 is 0 Å². The maximum atomic E-state index is 13.0. The number of rotatable bonds is 4. The number of carboxylic acid groups (broad SMARTS) is 1. The first kappa shape index (κ1) is 20.3. The number of aromatic nitrogens is 1. The zero-order chi connectivity index (χ0) is 21.3. The van der Waals surface area contributed by atoms with Crippen molar-refractivity contribution in [3.63, 3.8) is 0 Å². The number of nitrogens with zero attached hydrogens (tertiary/aromatic N) is 2. The molecule has 1 unspecified atom stereocenters. The van der Waals surface area contributed by atoms with Gasteiger partial charge < -0.3 is 5.11 Å². The average molecular weight is 414 g/mol. The van der Waals surface area contributed by atoms with Gasteiger partial charge in [-0.15, -0.1) is 0 Å². The summed E-state index contributed by atoms with van der Waals surface area (Å²) in [5, 5.41) is 11.3.